The third-order valence-electron chi connectivity index (χ3n) is 5.26. The molecule has 178 valence electrons. The molecule has 0 aliphatic carbocycles. The number of hydrogen-bond donors (Lipinski definition) is 1. The third-order valence-corrected chi connectivity index (χ3v) is 5.26. The summed E-state index contributed by atoms with van der Waals surface area (Å²) in [5.41, 5.74) is 3.56. The van der Waals surface area contributed by atoms with E-state index in [1.54, 1.807) is 20.1 Å². The van der Waals surface area contributed by atoms with Crippen LogP contribution in [0.15, 0.2) is 42.5 Å². The van der Waals surface area contributed by atoms with Gasteiger partial charge in [-0.15, -0.1) is 0 Å². The van der Waals surface area contributed by atoms with Crippen molar-refractivity contribution >= 4 is 23.7 Å². The van der Waals surface area contributed by atoms with Gasteiger partial charge >= 0.3 is 11.9 Å². The number of aryl methyl sites for hydroxylation is 2. The molecule has 0 aliphatic rings. The molecule has 6 heteroatoms. The van der Waals surface area contributed by atoms with Crippen molar-refractivity contribution in [1.82, 2.24) is 0 Å². The van der Waals surface area contributed by atoms with Gasteiger partial charge in [-0.1, -0.05) is 26.0 Å². The monoisotopic (exact) mass is 453 g/mol. The average Bonchev–Trinajstić information content (AvgIpc) is 2.78. The number of esters is 2. The topological polar surface area (TPSA) is 73.9 Å². The van der Waals surface area contributed by atoms with Crippen molar-refractivity contribution in [3.05, 3.63) is 59.2 Å². The summed E-state index contributed by atoms with van der Waals surface area (Å²) in [6.45, 7) is 10.9. The molecule has 2 aromatic rings. The van der Waals surface area contributed by atoms with Gasteiger partial charge in [-0.25, -0.2) is 4.79 Å². The summed E-state index contributed by atoms with van der Waals surface area (Å²) in [4.78, 5) is 23.9. The van der Waals surface area contributed by atoms with Gasteiger partial charge in [-0.05, 0) is 68.0 Å². The first kappa shape index (κ1) is 26.0. The number of carbonyl (C=O) groups excluding carboxylic acids is 2. The molecule has 33 heavy (non-hydrogen) atoms. The van der Waals surface area contributed by atoms with Crippen LogP contribution in [0.25, 0.3) is 6.08 Å². The molecule has 1 N–H and O–H groups in total. The van der Waals surface area contributed by atoms with Gasteiger partial charge in [0.15, 0.2) is 0 Å². The molecule has 2 aromatic carbocycles. The molecule has 2 rings (SSSR count). The van der Waals surface area contributed by atoms with Gasteiger partial charge < -0.3 is 19.5 Å². The van der Waals surface area contributed by atoms with Crippen LogP contribution in [0.1, 0.15) is 50.3 Å². The fraction of sp³-hybridized carbons (Fsp3) is 0.407. The van der Waals surface area contributed by atoms with E-state index in [0.29, 0.717) is 37.5 Å². The smallest absolute Gasteiger partial charge is 0.330 e. The Labute approximate surface area is 196 Å². The SMILES string of the molecule is CCOC(=O)C=Cc1ccc(NCC(C)(C)CCC(=O)Oc2cc(C)ccc2C)cc1OC. The predicted molar refractivity (Wildman–Crippen MR) is 132 cm³/mol. The molecule has 0 aliphatic heterocycles. The standard InChI is InChI=1S/C27H35NO5/c1-7-32-25(29)13-11-21-10-12-22(17-24(21)31-6)28-18-27(4,5)15-14-26(30)33-23-16-19(2)8-9-20(23)3/h8-13,16-17,28H,7,14-15,18H2,1-6H3. The summed E-state index contributed by atoms with van der Waals surface area (Å²) < 4.78 is 15.9. The zero-order valence-corrected chi connectivity index (χ0v) is 20.5. The summed E-state index contributed by atoms with van der Waals surface area (Å²) in [5, 5.41) is 3.41. The second-order valence-electron chi connectivity index (χ2n) is 8.80. The molecule has 0 aromatic heterocycles. The first-order valence-corrected chi connectivity index (χ1v) is 11.2. The molecule has 6 nitrogen and oxygen atoms in total. The van der Waals surface area contributed by atoms with Crippen molar-refractivity contribution in [3.8, 4) is 11.5 Å². The van der Waals surface area contributed by atoms with E-state index < -0.39 is 0 Å². The van der Waals surface area contributed by atoms with E-state index in [1.165, 1.54) is 6.08 Å². The molecule has 0 spiro atoms. The summed E-state index contributed by atoms with van der Waals surface area (Å²) in [7, 11) is 1.59. The van der Waals surface area contributed by atoms with E-state index in [2.05, 4.69) is 19.2 Å². The Bertz CT molecular complexity index is 994. The molecule has 0 bridgehead atoms. The number of anilines is 1. The molecule has 0 fully saturated rings. The zero-order valence-electron chi connectivity index (χ0n) is 20.5. The molecule has 0 unspecified atom stereocenters. The molecule has 0 saturated heterocycles. The third kappa shape index (κ3) is 8.64. The van der Waals surface area contributed by atoms with Gasteiger partial charge in [0, 0.05) is 36.4 Å². The number of carbonyl (C=O) groups is 2. The largest absolute Gasteiger partial charge is 0.496 e. The Balaban J connectivity index is 1.91. The summed E-state index contributed by atoms with van der Waals surface area (Å²) in [6, 6.07) is 11.5. The van der Waals surface area contributed by atoms with Crippen LogP contribution >= 0.6 is 0 Å². The maximum atomic E-state index is 12.4. The quantitative estimate of drug-likeness (QED) is 0.267. The lowest BCUT2D eigenvalue weighted by atomic mass is 9.87. The van der Waals surface area contributed by atoms with Gasteiger partial charge in [-0.3, -0.25) is 4.79 Å². The highest BCUT2D eigenvalue weighted by Crippen LogP contribution is 2.28. The molecular weight excluding hydrogens is 418 g/mol. The van der Waals surface area contributed by atoms with E-state index in [9.17, 15) is 9.59 Å². The molecule has 0 amide bonds. The number of nitrogens with one attached hydrogen (secondary N) is 1. The Kier molecular flexibility index (Phi) is 9.52. The lowest BCUT2D eigenvalue weighted by Gasteiger charge is -2.25. The number of methoxy groups -OCH3 is 1. The van der Waals surface area contributed by atoms with E-state index in [4.69, 9.17) is 14.2 Å². The van der Waals surface area contributed by atoms with E-state index in [1.807, 2.05) is 50.2 Å². The fourth-order valence-electron chi connectivity index (χ4n) is 3.17. The zero-order chi connectivity index (χ0) is 24.4. The highest BCUT2D eigenvalue weighted by atomic mass is 16.5. The number of hydrogen-bond acceptors (Lipinski definition) is 6. The highest BCUT2D eigenvalue weighted by molar-refractivity contribution is 5.87. The molecule has 0 radical (unpaired) electrons. The Hall–Kier alpha value is -3.28. The minimum atomic E-state index is -0.389. The Morgan fingerprint density at radius 1 is 1.06 bits per heavy atom. The summed E-state index contributed by atoms with van der Waals surface area (Å²) in [6.07, 6.45) is 4.07. The highest BCUT2D eigenvalue weighted by Gasteiger charge is 2.20. The van der Waals surface area contributed by atoms with Crippen LogP contribution in [0.2, 0.25) is 0 Å². The lowest BCUT2D eigenvalue weighted by Crippen LogP contribution is -2.25. The number of rotatable bonds is 11. The number of ether oxygens (including phenoxy) is 3. The van der Waals surface area contributed by atoms with Gasteiger partial charge in [0.05, 0.1) is 13.7 Å². The minimum Gasteiger partial charge on any atom is -0.496 e. The van der Waals surface area contributed by atoms with Crippen molar-refractivity contribution in [2.45, 2.75) is 47.5 Å². The number of benzene rings is 2. The van der Waals surface area contributed by atoms with Crippen LogP contribution in [0.4, 0.5) is 5.69 Å². The second-order valence-corrected chi connectivity index (χ2v) is 8.80. The maximum absolute atomic E-state index is 12.4. The summed E-state index contributed by atoms with van der Waals surface area (Å²) >= 11 is 0. The first-order valence-electron chi connectivity index (χ1n) is 11.2. The summed E-state index contributed by atoms with van der Waals surface area (Å²) in [5.74, 6) is 0.659. The van der Waals surface area contributed by atoms with E-state index in [0.717, 1.165) is 22.4 Å². The van der Waals surface area contributed by atoms with Crippen molar-refractivity contribution in [2.24, 2.45) is 5.41 Å². The second kappa shape index (κ2) is 12.1. The van der Waals surface area contributed by atoms with Crippen LogP contribution in [-0.2, 0) is 14.3 Å². The van der Waals surface area contributed by atoms with Crippen LogP contribution in [0.5, 0.6) is 11.5 Å². The van der Waals surface area contributed by atoms with Crippen LogP contribution in [-0.4, -0.2) is 32.2 Å². The van der Waals surface area contributed by atoms with Crippen molar-refractivity contribution in [2.75, 3.05) is 25.6 Å². The van der Waals surface area contributed by atoms with E-state index in [-0.39, 0.29) is 17.4 Å². The molecule has 0 saturated carbocycles. The van der Waals surface area contributed by atoms with Crippen molar-refractivity contribution < 1.29 is 23.8 Å². The molecule has 0 heterocycles. The van der Waals surface area contributed by atoms with Crippen LogP contribution in [0, 0.1) is 19.3 Å². The van der Waals surface area contributed by atoms with Gasteiger partial charge in [-0.2, -0.15) is 0 Å². The molecule has 0 atom stereocenters. The fourth-order valence-corrected chi connectivity index (χ4v) is 3.17. The minimum absolute atomic E-state index is 0.129. The van der Waals surface area contributed by atoms with Crippen molar-refractivity contribution in [1.29, 1.82) is 0 Å². The average molecular weight is 454 g/mol. The first-order chi connectivity index (χ1) is 15.6. The van der Waals surface area contributed by atoms with Gasteiger partial charge in [0.25, 0.3) is 0 Å². The lowest BCUT2D eigenvalue weighted by molar-refractivity contribution is -0.137. The Morgan fingerprint density at radius 3 is 2.52 bits per heavy atom. The van der Waals surface area contributed by atoms with Gasteiger partial charge in [0.2, 0.25) is 0 Å². The predicted octanol–water partition coefficient (Wildman–Crippen LogP) is 5.71. The van der Waals surface area contributed by atoms with E-state index >= 15 is 0 Å². The van der Waals surface area contributed by atoms with Gasteiger partial charge in [0.1, 0.15) is 11.5 Å². The van der Waals surface area contributed by atoms with Crippen LogP contribution in [0.3, 0.4) is 0 Å². The normalized spacial score (nSPS) is 11.3. The van der Waals surface area contributed by atoms with Crippen molar-refractivity contribution in [3.63, 3.8) is 0 Å². The van der Waals surface area contributed by atoms with Crippen LogP contribution < -0.4 is 14.8 Å². The maximum Gasteiger partial charge on any atom is 0.330 e. The Morgan fingerprint density at radius 2 is 1.82 bits per heavy atom. The molecular formula is C27H35NO5.